The van der Waals surface area contributed by atoms with Gasteiger partial charge in [0.1, 0.15) is 5.56 Å². The first-order chi connectivity index (χ1) is 12.5. The normalized spacial score (nSPS) is 14.8. The Kier molecular flexibility index (Phi) is 4.42. The van der Waals surface area contributed by atoms with Crippen LogP contribution in [0.25, 0.3) is 4.96 Å². The van der Waals surface area contributed by atoms with Gasteiger partial charge < -0.3 is 9.80 Å². The molecule has 0 atom stereocenters. The number of benzene rings is 1. The SMILES string of the molecule is Cc1csc2ncc(C(=O)N3CCN(c4cccc(Cl)c4)CC3)c(=O)n12. The molecule has 0 bridgehead atoms. The van der Waals surface area contributed by atoms with Gasteiger partial charge in [-0.2, -0.15) is 0 Å². The quantitative estimate of drug-likeness (QED) is 0.677. The van der Waals surface area contributed by atoms with Crippen LogP contribution in [0.3, 0.4) is 0 Å². The molecule has 134 valence electrons. The second-order valence-electron chi connectivity index (χ2n) is 6.23. The molecule has 1 aliphatic heterocycles. The van der Waals surface area contributed by atoms with E-state index in [1.165, 1.54) is 21.9 Å². The Bertz CT molecular complexity index is 1040. The largest absolute Gasteiger partial charge is 0.368 e. The highest BCUT2D eigenvalue weighted by molar-refractivity contribution is 7.15. The third kappa shape index (κ3) is 2.97. The van der Waals surface area contributed by atoms with Gasteiger partial charge in [0.25, 0.3) is 11.5 Å². The molecule has 0 N–H and O–H groups in total. The summed E-state index contributed by atoms with van der Waals surface area (Å²) in [6.07, 6.45) is 1.40. The Morgan fingerprint density at radius 1 is 1.23 bits per heavy atom. The van der Waals surface area contributed by atoms with E-state index >= 15 is 0 Å². The molecule has 26 heavy (non-hydrogen) atoms. The number of aryl methyl sites for hydroxylation is 1. The van der Waals surface area contributed by atoms with Gasteiger partial charge in [0.2, 0.25) is 0 Å². The molecule has 1 saturated heterocycles. The lowest BCUT2D eigenvalue weighted by Gasteiger charge is -2.36. The predicted octanol–water partition coefficient (Wildman–Crippen LogP) is 2.68. The van der Waals surface area contributed by atoms with Gasteiger partial charge in [-0.25, -0.2) is 4.98 Å². The summed E-state index contributed by atoms with van der Waals surface area (Å²) >= 11 is 7.45. The van der Waals surface area contributed by atoms with Gasteiger partial charge in [-0.15, -0.1) is 11.3 Å². The molecule has 1 aromatic carbocycles. The summed E-state index contributed by atoms with van der Waals surface area (Å²) in [6.45, 7) is 4.33. The first-order valence-electron chi connectivity index (χ1n) is 8.30. The molecular weight excluding hydrogens is 372 g/mol. The molecule has 0 radical (unpaired) electrons. The maximum Gasteiger partial charge on any atom is 0.271 e. The molecule has 2 aromatic heterocycles. The molecule has 1 aliphatic rings. The van der Waals surface area contributed by atoms with Gasteiger partial charge >= 0.3 is 0 Å². The van der Waals surface area contributed by atoms with E-state index in [1.807, 2.05) is 36.6 Å². The van der Waals surface area contributed by atoms with Crippen LogP contribution in [0.2, 0.25) is 5.02 Å². The van der Waals surface area contributed by atoms with Crippen molar-refractivity contribution in [2.75, 3.05) is 31.1 Å². The van der Waals surface area contributed by atoms with Gasteiger partial charge in [0.05, 0.1) is 0 Å². The zero-order chi connectivity index (χ0) is 18.3. The first-order valence-corrected chi connectivity index (χ1v) is 9.56. The number of halogens is 1. The molecule has 6 nitrogen and oxygen atoms in total. The Morgan fingerprint density at radius 2 is 2.00 bits per heavy atom. The molecule has 1 fully saturated rings. The molecule has 0 saturated carbocycles. The number of rotatable bonds is 2. The van der Waals surface area contributed by atoms with Crippen molar-refractivity contribution in [1.82, 2.24) is 14.3 Å². The minimum atomic E-state index is -0.295. The topological polar surface area (TPSA) is 57.9 Å². The molecular formula is C18H17ClN4O2S. The fourth-order valence-corrected chi connectivity index (χ4v) is 4.19. The number of carbonyl (C=O) groups excluding carboxylic acids is 1. The number of nitrogens with zero attached hydrogens (tertiary/aromatic N) is 4. The van der Waals surface area contributed by atoms with E-state index in [-0.39, 0.29) is 17.0 Å². The van der Waals surface area contributed by atoms with Crippen molar-refractivity contribution in [3.8, 4) is 0 Å². The Hall–Kier alpha value is -2.38. The summed E-state index contributed by atoms with van der Waals surface area (Å²) in [5.74, 6) is -0.256. The van der Waals surface area contributed by atoms with Crippen LogP contribution >= 0.6 is 22.9 Å². The second kappa shape index (κ2) is 6.74. The van der Waals surface area contributed by atoms with Crippen molar-refractivity contribution < 1.29 is 4.79 Å². The molecule has 8 heteroatoms. The third-order valence-electron chi connectivity index (χ3n) is 4.59. The lowest BCUT2D eigenvalue weighted by molar-refractivity contribution is 0.0744. The van der Waals surface area contributed by atoms with Crippen molar-refractivity contribution in [3.05, 3.63) is 62.5 Å². The van der Waals surface area contributed by atoms with Crippen LogP contribution in [0.1, 0.15) is 16.1 Å². The minimum Gasteiger partial charge on any atom is -0.368 e. The number of piperazine rings is 1. The van der Waals surface area contributed by atoms with Crippen LogP contribution in [0, 0.1) is 6.92 Å². The number of anilines is 1. The van der Waals surface area contributed by atoms with E-state index in [0.717, 1.165) is 11.4 Å². The molecule has 3 heterocycles. The summed E-state index contributed by atoms with van der Waals surface area (Å²) in [6, 6.07) is 7.68. The van der Waals surface area contributed by atoms with Crippen molar-refractivity contribution >= 4 is 39.5 Å². The van der Waals surface area contributed by atoms with Crippen LogP contribution in [0.15, 0.2) is 40.6 Å². The standard InChI is InChI=1S/C18H17ClN4O2S/c1-12-11-26-18-20-10-15(17(25)23(12)18)16(24)22-7-5-21(6-8-22)14-4-2-3-13(19)9-14/h2-4,9-11H,5-8H2,1H3. The number of thiazole rings is 1. The van der Waals surface area contributed by atoms with Gasteiger partial charge in [-0.3, -0.25) is 14.0 Å². The Balaban J connectivity index is 1.53. The zero-order valence-electron chi connectivity index (χ0n) is 14.2. The predicted molar refractivity (Wildman–Crippen MR) is 104 cm³/mol. The van der Waals surface area contributed by atoms with Crippen LogP contribution in [-0.4, -0.2) is 46.4 Å². The van der Waals surface area contributed by atoms with Crippen molar-refractivity contribution in [2.45, 2.75) is 6.92 Å². The molecule has 0 unspecified atom stereocenters. The van der Waals surface area contributed by atoms with E-state index in [1.54, 1.807) is 4.90 Å². The summed E-state index contributed by atoms with van der Waals surface area (Å²) in [5.41, 5.74) is 1.67. The highest BCUT2D eigenvalue weighted by atomic mass is 35.5. The number of carbonyl (C=O) groups is 1. The van der Waals surface area contributed by atoms with E-state index < -0.39 is 0 Å². The zero-order valence-corrected chi connectivity index (χ0v) is 15.8. The summed E-state index contributed by atoms with van der Waals surface area (Å²) < 4.78 is 1.50. The number of amides is 1. The number of hydrogen-bond acceptors (Lipinski definition) is 5. The van der Waals surface area contributed by atoms with Gasteiger partial charge in [0, 0.05) is 54.2 Å². The van der Waals surface area contributed by atoms with E-state index in [0.29, 0.717) is 36.2 Å². The number of aromatic nitrogens is 2. The fraction of sp³-hybridized carbons (Fsp3) is 0.278. The lowest BCUT2D eigenvalue weighted by atomic mass is 10.2. The van der Waals surface area contributed by atoms with Crippen molar-refractivity contribution in [3.63, 3.8) is 0 Å². The Morgan fingerprint density at radius 3 is 2.73 bits per heavy atom. The first kappa shape index (κ1) is 17.1. The Labute approximate surface area is 159 Å². The van der Waals surface area contributed by atoms with Crippen molar-refractivity contribution in [1.29, 1.82) is 0 Å². The molecule has 1 amide bonds. The summed E-state index contributed by atoms with van der Waals surface area (Å²) in [7, 11) is 0. The number of hydrogen-bond donors (Lipinski definition) is 0. The minimum absolute atomic E-state index is 0.125. The van der Waals surface area contributed by atoms with Crippen molar-refractivity contribution in [2.24, 2.45) is 0 Å². The van der Waals surface area contributed by atoms with Gasteiger partial charge in [-0.05, 0) is 25.1 Å². The van der Waals surface area contributed by atoms with Crippen LogP contribution in [-0.2, 0) is 0 Å². The highest BCUT2D eigenvalue weighted by Gasteiger charge is 2.25. The smallest absolute Gasteiger partial charge is 0.271 e. The van der Waals surface area contributed by atoms with E-state index in [9.17, 15) is 9.59 Å². The van der Waals surface area contributed by atoms with E-state index in [2.05, 4.69) is 9.88 Å². The second-order valence-corrected chi connectivity index (χ2v) is 7.50. The van der Waals surface area contributed by atoms with Crippen LogP contribution in [0.4, 0.5) is 5.69 Å². The summed E-state index contributed by atoms with van der Waals surface area (Å²) in [4.78, 5) is 34.3. The molecule has 4 rings (SSSR count). The monoisotopic (exact) mass is 388 g/mol. The van der Waals surface area contributed by atoms with Crippen LogP contribution < -0.4 is 10.5 Å². The van der Waals surface area contributed by atoms with Gasteiger partial charge in [0.15, 0.2) is 4.96 Å². The third-order valence-corrected chi connectivity index (χ3v) is 5.78. The summed E-state index contributed by atoms with van der Waals surface area (Å²) in [5, 5.41) is 2.56. The molecule has 0 aliphatic carbocycles. The maximum absolute atomic E-state index is 12.8. The van der Waals surface area contributed by atoms with E-state index in [4.69, 9.17) is 11.6 Å². The lowest BCUT2D eigenvalue weighted by Crippen LogP contribution is -2.49. The highest BCUT2D eigenvalue weighted by Crippen LogP contribution is 2.21. The number of fused-ring (bicyclic) bond motifs is 1. The maximum atomic E-state index is 12.8. The average molecular weight is 389 g/mol. The van der Waals surface area contributed by atoms with Gasteiger partial charge in [-0.1, -0.05) is 17.7 Å². The van der Waals surface area contributed by atoms with Crippen LogP contribution in [0.5, 0.6) is 0 Å². The fourth-order valence-electron chi connectivity index (χ4n) is 3.18. The average Bonchev–Trinajstić information content (AvgIpc) is 3.03. The molecule has 0 spiro atoms. The molecule has 3 aromatic rings.